The molecule has 1 saturated carbocycles. The number of aromatic amines is 1. The van der Waals surface area contributed by atoms with Crippen LogP contribution in [0.15, 0.2) is 0 Å². The first-order valence-corrected chi connectivity index (χ1v) is 4.36. The van der Waals surface area contributed by atoms with Crippen molar-refractivity contribution in [2.24, 2.45) is 5.92 Å². The van der Waals surface area contributed by atoms with Crippen LogP contribution in [0.1, 0.15) is 29.0 Å². The number of Topliss-reactive ketones (excluding diaryl/α,β-unsaturated/α-hetero) is 1. The van der Waals surface area contributed by atoms with Crippen LogP contribution in [0.5, 0.6) is 0 Å². The van der Waals surface area contributed by atoms with Crippen LogP contribution in [0.3, 0.4) is 0 Å². The van der Waals surface area contributed by atoms with Crippen molar-refractivity contribution in [3.63, 3.8) is 0 Å². The molecule has 0 atom stereocenters. The lowest BCUT2D eigenvalue weighted by Crippen LogP contribution is -2.10. The van der Waals surface area contributed by atoms with E-state index in [0.29, 0.717) is 12.8 Å². The molecule has 0 radical (unpaired) electrons. The maximum Gasteiger partial charge on any atom is 0.434 e. The van der Waals surface area contributed by atoms with Crippen LogP contribution >= 0.6 is 0 Å². The third-order valence-corrected chi connectivity index (χ3v) is 2.27. The van der Waals surface area contributed by atoms with Crippen LogP contribution in [-0.4, -0.2) is 16.0 Å². The van der Waals surface area contributed by atoms with Gasteiger partial charge < -0.3 is 5.73 Å². The molecule has 82 valence electrons. The summed E-state index contributed by atoms with van der Waals surface area (Å²) in [6.45, 7) is 0. The molecule has 7 heteroatoms. The monoisotopic (exact) mass is 219 g/mol. The van der Waals surface area contributed by atoms with Crippen LogP contribution in [0.25, 0.3) is 0 Å². The molecule has 0 aliphatic heterocycles. The van der Waals surface area contributed by atoms with Gasteiger partial charge in [-0.15, -0.1) is 0 Å². The fourth-order valence-electron chi connectivity index (χ4n) is 1.29. The minimum absolute atomic E-state index is 0.198. The Bertz CT molecular complexity index is 406. The molecule has 0 saturated heterocycles. The van der Waals surface area contributed by atoms with E-state index in [9.17, 15) is 18.0 Å². The summed E-state index contributed by atoms with van der Waals surface area (Å²) in [6, 6.07) is 0. The number of anilines is 1. The molecule has 2 rings (SSSR count). The summed E-state index contributed by atoms with van der Waals surface area (Å²) in [5.74, 6) is -0.601. The van der Waals surface area contributed by atoms with Gasteiger partial charge in [-0.3, -0.25) is 9.89 Å². The molecule has 0 unspecified atom stereocenters. The summed E-state index contributed by atoms with van der Waals surface area (Å²) in [5, 5.41) is 5.08. The van der Waals surface area contributed by atoms with E-state index in [2.05, 4.69) is 5.10 Å². The van der Waals surface area contributed by atoms with E-state index in [0.717, 1.165) is 0 Å². The fourth-order valence-corrected chi connectivity index (χ4v) is 1.29. The number of hydrogen-bond acceptors (Lipinski definition) is 3. The number of nitrogens with one attached hydrogen (secondary N) is 1. The number of rotatable bonds is 2. The van der Waals surface area contributed by atoms with Gasteiger partial charge in [0.05, 0.1) is 5.69 Å². The number of carbonyl (C=O) groups is 1. The van der Waals surface area contributed by atoms with Crippen molar-refractivity contribution >= 4 is 11.5 Å². The molecule has 1 fully saturated rings. The van der Waals surface area contributed by atoms with Crippen LogP contribution in [0.2, 0.25) is 0 Å². The van der Waals surface area contributed by atoms with E-state index < -0.39 is 23.3 Å². The van der Waals surface area contributed by atoms with Gasteiger partial charge in [-0.1, -0.05) is 0 Å². The van der Waals surface area contributed by atoms with Gasteiger partial charge in [0.15, 0.2) is 17.2 Å². The molecule has 0 aromatic carbocycles. The number of nitrogen functional groups attached to an aromatic ring is 1. The average molecular weight is 219 g/mol. The summed E-state index contributed by atoms with van der Waals surface area (Å²) < 4.78 is 36.8. The molecule has 0 bridgehead atoms. The Morgan fingerprint density at radius 2 is 2.07 bits per heavy atom. The minimum atomic E-state index is -4.60. The number of alkyl halides is 3. The first-order chi connectivity index (χ1) is 6.91. The van der Waals surface area contributed by atoms with Crippen molar-refractivity contribution in [1.82, 2.24) is 10.2 Å². The third kappa shape index (κ3) is 1.69. The Balaban J connectivity index is 2.35. The molecule has 0 amide bonds. The number of carbonyl (C=O) groups excluding carboxylic acids is 1. The average Bonchev–Trinajstić information content (AvgIpc) is 2.87. The van der Waals surface area contributed by atoms with Crippen molar-refractivity contribution < 1.29 is 18.0 Å². The maximum absolute atomic E-state index is 12.3. The lowest BCUT2D eigenvalue weighted by Gasteiger charge is -2.03. The Morgan fingerprint density at radius 1 is 1.47 bits per heavy atom. The zero-order chi connectivity index (χ0) is 11.2. The first kappa shape index (κ1) is 10.0. The van der Waals surface area contributed by atoms with Crippen molar-refractivity contribution in [2.45, 2.75) is 19.0 Å². The molecule has 1 aromatic heterocycles. The van der Waals surface area contributed by atoms with Crippen molar-refractivity contribution in [3.05, 3.63) is 11.4 Å². The summed E-state index contributed by atoms with van der Waals surface area (Å²) in [4.78, 5) is 11.4. The van der Waals surface area contributed by atoms with Gasteiger partial charge in [0.2, 0.25) is 0 Å². The van der Waals surface area contributed by atoms with Gasteiger partial charge in [-0.2, -0.15) is 18.3 Å². The van der Waals surface area contributed by atoms with E-state index in [1.165, 1.54) is 0 Å². The zero-order valence-corrected chi connectivity index (χ0v) is 7.56. The number of halogens is 3. The van der Waals surface area contributed by atoms with Crippen LogP contribution < -0.4 is 5.73 Å². The second-order valence-corrected chi connectivity index (χ2v) is 3.50. The van der Waals surface area contributed by atoms with Crippen molar-refractivity contribution in [3.8, 4) is 0 Å². The fraction of sp³-hybridized carbons (Fsp3) is 0.500. The van der Waals surface area contributed by atoms with Gasteiger partial charge in [-0.25, -0.2) is 0 Å². The van der Waals surface area contributed by atoms with Crippen LogP contribution in [0.4, 0.5) is 18.9 Å². The number of aromatic nitrogens is 2. The molecular formula is C8H8F3N3O. The van der Waals surface area contributed by atoms with Gasteiger partial charge in [0.25, 0.3) is 0 Å². The first-order valence-electron chi connectivity index (χ1n) is 4.36. The molecule has 15 heavy (non-hydrogen) atoms. The smallest absolute Gasteiger partial charge is 0.395 e. The van der Waals surface area contributed by atoms with E-state index in [1.807, 2.05) is 0 Å². The number of H-pyrrole nitrogens is 1. The van der Waals surface area contributed by atoms with E-state index in [-0.39, 0.29) is 11.6 Å². The van der Waals surface area contributed by atoms with Crippen molar-refractivity contribution in [2.75, 3.05) is 5.73 Å². The summed E-state index contributed by atoms with van der Waals surface area (Å²) in [6.07, 6.45) is -3.20. The van der Waals surface area contributed by atoms with E-state index in [1.54, 1.807) is 5.10 Å². The Morgan fingerprint density at radius 3 is 2.47 bits per heavy atom. The maximum atomic E-state index is 12.3. The lowest BCUT2D eigenvalue weighted by molar-refractivity contribution is -0.140. The predicted molar refractivity (Wildman–Crippen MR) is 45.1 cm³/mol. The molecule has 1 heterocycles. The van der Waals surface area contributed by atoms with Crippen molar-refractivity contribution in [1.29, 1.82) is 0 Å². The number of hydrogen-bond donors (Lipinski definition) is 2. The molecular weight excluding hydrogens is 211 g/mol. The lowest BCUT2D eigenvalue weighted by atomic mass is 10.1. The van der Waals surface area contributed by atoms with Gasteiger partial charge in [0.1, 0.15) is 0 Å². The van der Waals surface area contributed by atoms with Gasteiger partial charge in [-0.05, 0) is 12.8 Å². The molecule has 3 N–H and O–H groups in total. The Labute approximate surface area is 82.6 Å². The number of ketones is 1. The Hall–Kier alpha value is -1.53. The molecule has 1 aliphatic rings. The van der Waals surface area contributed by atoms with Gasteiger partial charge in [0, 0.05) is 5.92 Å². The summed E-state index contributed by atoms with van der Waals surface area (Å²) >= 11 is 0. The highest BCUT2D eigenvalue weighted by Gasteiger charge is 2.40. The topological polar surface area (TPSA) is 71.8 Å². The summed E-state index contributed by atoms with van der Waals surface area (Å²) in [7, 11) is 0. The normalized spacial score (nSPS) is 16.7. The standard InChI is InChI=1S/C8H8F3N3O/c9-8(10,11)7-4(12)5(13-14-7)6(15)3-1-2-3/h3H,1-2,12H2,(H,13,14). The molecule has 4 nitrogen and oxygen atoms in total. The minimum Gasteiger partial charge on any atom is -0.395 e. The van der Waals surface area contributed by atoms with Crippen LogP contribution in [0, 0.1) is 5.92 Å². The predicted octanol–water partition coefficient (Wildman–Crippen LogP) is 1.60. The SMILES string of the molecule is Nc1c(C(=O)C2CC2)n[nH]c1C(F)(F)F. The molecule has 1 aliphatic carbocycles. The van der Waals surface area contributed by atoms with Gasteiger partial charge >= 0.3 is 6.18 Å². The summed E-state index contributed by atoms with van der Waals surface area (Å²) in [5.41, 5.74) is 3.19. The van der Waals surface area contributed by atoms with Crippen LogP contribution in [-0.2, 0) is 6.18 Å². The quantitative estimate of drug-likeness (QED) is 0.742. The molecule has 0 spiro atoms. The number of nitrogens with two attached hydrogens (primary N) is 1. The van der Waals surface area contributed by atoms with E-state index >= 15 is 0 Å². The second kappa shape index (κ2) is 2.98. The highest BCUT2D eigenvalue weighted by molar-refractivity contribution is 6.02. The van der Waals surface area contributed by atoms with E-state index in [4.69, 9.17) is 5.73 Å². The molecule has 1 aromatic rings. The second-order valence-electron chi connectivity index (χ2n) is 3.50. The Kier molecular flexibility index (Phi) is 1.99. The third-order valence-electron chi connectivity index (χ3n) is 2.27. The number of nitrogens with zero attached hydrogens (tertiary/aromatic N) is 1. The zero-order valence-electron chi connectivity index (χ0n) is 7.56. The highest BCUT2D eigenvalue weighted by Crippen LogP contribution is 2.37. The highest BCUT2D eigenvalue weighted by atomic mass is 19.4. The largest absolute Gasteiger partial charge is 0.434 e.